The number of benzene rings is 1. The minimum atomic E-state index is -3.56. The third-order valence-electron chi connectivity index (χ3n) is 1.93. The molecule has 2 nitrogen and oxygen atoms in total. The number of para-hydroxylation sites is 1. The van der Waals surface area contributed by atoms with Crippen molar-refractivity contribution in [3.05, 3.63) is 18.2 Å². The molecule has 0 bridgehead atoms. The second-order valence-corrected chi connectivity index (χ2v) is 9.25. The summed E-state index contributed by atoms with van der Waals surface area (Å²) in [6.45, 7) is 0. The topological polar surface area (TPSA) is 18.5 Å². The van der Waals surface area contributed by atoms with E-state index in [4.69, 9.17) is 0 Å². The Morgan fingerprint density at radius 3 is 2.53 bits per heavy atom. The molecular weight excluding hydrogens is 242 g/mol. The molecule has 0 fully saturated rings. The zero-order valence-electron chi connectivity index (χ0n) is 8.16. The van der Waals surface area contributed by atoms with Gasteiger partial charge < -0.3 is 9.47 Å². The van der Waals surface area contributed by atoms with Crippen LogP contribution in [0.25, 0.3) is 0 Å². The van der Waals surface area contributed by atoms with Crippen molar-refractivity contribution in [2.45, 2.75) is 11.2 Å². The zero-order chi connectivity index (χ0) is 11.3. The molecule has 84 valence electrons. The van der Waals surface area contributed by atoms with Gasteiger partial charge in [0.2, 0.25) is 0 Å². The van der Waals surface area contributed by atoms with Crippen LogP contribution in [0.2, 0.25) is 0 Å². The van der Waals surface area contributed by atoms with Crippen LogP contribution in [0.15, 0.2) is 23.1 Å². The molecule has 0 radical (unpaired) electrons. The summed E-state index contributed by atoms with van der Waals surface area (Å²) < 4.78 is 34.5. The predicted octanol–water partition coefficient (Wildman–Crippen LogP) is 3.28. The number of rotatable bonds is 1. The Kier molecular flexibility index (Phi) is 2.31. The molecule has 15 heavy (non-hydrogen) atoms. The molecule has 0 atom stereocenters. The first-order valence-corrected chi connectivity index (χ1v) is 7.64. The number of hydrogen-bond acceptors (Lipinski definition) is 3. The Morgan fingerprint density at radius 2 is 1.93 bits per heavy atom. The molecule has 0 saturated carbocycles. The van der Waals surface area contributed by atoms with Gasteiger partial charge in [-0.1, -0.05) is 6.07 Å². The Balaban J connectivity index is 2.51. The SMILES string of the molecule is CS(C)(S)c1cccc2c1OC(F)(F)O2. The Morgan fingerprint density at radius 1 is 1.27 bits per heavy atom. The van der Waals surface area contributed by atoms with Crippen molar-refractivity contribution in [1.82, 2.24) is 0 Å². The van der Waals surface area contributed by atoms with Crippen LogP contribution in [0.5, 0.6) is 11.5 Å². The van der Waals surface area contributed by atoms with E-state index >= 15 is 0 Å². The van der Waals surface area contributed by atoms with E-state index in [1.807, 2.05) is 12.5 Å². The highest BCUT2D eigenvalue weighted by Crippen LogP contribution is 2.60. The standard InChI is InChI=1S/C9H10F2O2S2/c1-15(2,14)7-5-3-4-6-8(7)13-9(10,11)12-6/h3-5,14H,1-2H3. The van der Waals surface area contributed by atoms with Crippen LogP contribution >= 0.6 is 20.7 Å². The molecule has 1 aromatic rings. The van der Waals surface area contributed by atoms with Crippen LogP contribution in [-0.4, -0.2) is 18.8 Å². The lowest BCUT2D eigenvalue weighted by molar-refractivity contribution is -0.287. The minimum Gasteiger partial charge on any atom is -0.395 e. The van der Waals surface area contributed by atoms with Crippen LogP contribution in [0.1, 0.15) is 0 Å². The van der Waals surface area contributed by atoms with E-state index < -0.39 is 15.4 Å². The zero-order valence-corrected chi connectivity index (χ0v) is 9.87. The summed E-state index contributed by atoms with van der Waals surface area (Å²) in [5.74, 6) is 0.185. The fraction of sp³-hybridized carbons (Fsp3) is 0.333. The summed E-state index contributed by atoms with van der Waals surface area (Å²) in [6, 6.07) is 4.84. The summed E-state index contributed by atoms with van der Waals surface area (Å²) in [6.07, 6.45) is 0.202. The summed E-state index contributed by atoms with van der Waals surface area (Å²) in [4.78, 5) is 0.667. The quantitative estimate of drug-likeness (QED) is 0.611. The average Bonchev–Trinajstić information content (AvgIpc) is 2.35. The number of ether oxygens (including phenoxy) is 2. The molecule has 0 spiro atoms. The molecule has 1 aliphatic heterocycles. The van der Waals surface area contributed by atoms with Gasteiger partial charge in [0.1, 0.15) is 0 Å². The van der Waals surface area contributed by atoms with Gasteiger partial charge in [-0.25, -0.2) is 0 Å². The lowest BCUT2D eigenvalue weighted by atomic mass is 10.3. The summed E-state index contributed by atoms with van der Waals surface area (Å²) >= 11 is 4.40. The fourth-order valence-electron chi connectivity index (χ4n) is 1.34. The van der Waals surface area contributed by atoms with Gasteiger partial charge >= 0.3 is 6.29 Å². The first kappa shape index (κ1) is 10.9. The van der Waals surface area contributed by atoms with Crippen molar-refractivity contribution < 1.29 is 18.3 Å². The number of thiol groups is 1. The van der Waals surface area contributed by atoms with E-state index in [9.17, 15) is 8.78 Å². The maximum atomic E-state index is 12.8. The lowest BCUT2D eigenvalue weighted by Crippen LogP contribution is -2.26. The normalized spacial score (nSPS) is 19.0. The molecule has 0 aliphatic carbocycles. The maximum absolute atomic E-state index is 12.8. The third kappa shape index (κ3) is 2.01. The molecule has 1 aliphatic rings. The molecule has 0 unspecified atom stereocenters. The van der Waals surface area contributed by atoms with Gasteiger partial charge in [-0.2, -0.15) is 9.06 Å². The Bertz CT molecular complexity index is 402. The average molecular weight is 252 g/mol. The summed E-state index contributed by atoms with van der Waals surface area (Å²) in [7, 11) is -1.42. The van der Waals surface area contributed by atoms with Gasteiger partial charge in [-0.05, 0) is 24.6 Å². The van der Waals surface area contributed by atoms with E-state index in [2.05, 4.69) is 21.1 Å². The first-order valence-electron chi connectivity index (χ1n) is 4.14. The molecular formula is C9H10F2O2S2. The van der Waals surface area contributed by atoms with Crippen LogP contribution in [-0.2, 0) is 0 Å². The number of fused-ring (bicyclic) bond motifs is 1. The van der Waals surface area contributed by atoms with E-state index in [-0.39, 0.29) is 11.5 Å². The van der Waals surface area contributed by atoms with Crippen LogP contribution < -0.4 is 9.47 Å². The molecule has 6 heteroatoms. The number of hydrogen-bond donors (Lipinski definition) is 1. The highest BCUT2D eigenvalue weighted by atomic mass is 33.1. The van der Waals surface area contributed by atoms with Crippen LogP contribution in [0.3, 0.4) is 0 Å². The van der Waals surface area contributed by atoms with E-state index in [1.165, 1.54) is 6.07 Å². The van der Waals surface area contributed by atoms with Crippen LogP contribution in [0, 0.1) is 0 Å². The molecule has 0 amide bonds. The second-order valence-electron chi connectivity index (χ2n) is 3.52. The summed E-state index contributed by atoms with van der Waals surface area (Å²) in [5.41, 5.74) is 0. The molecule has 1 heterocycles. The molecule has 0 N–H and O–H groups in total. The van der Waals surface area contributed by atoms with Gasteiger partial charge in [0.25, 0.3) is 0 Å². The smallest absolute Gasteiger partial charge is 0.395 e. The van der Waals surface area contributed by atoms with Gasteiger partial charge in [-0.3, -0.25) is 0 Å². The first-order chi connectivity index (χ1) is 6.80. The summed E-state index contributed by atoms with van der Waals surface area (Å²) in [5, 5.41) is 0. The van der Waals surface area contributed by atoms with Crippen molar-refractivity contribution in [3.63, 3.8) is 0 Å². The number of halogens is 2. The Labute approximate surface area is 92.7 Å². The monoisotopic (exact) mass is 252 g/mol. The van der Waals surface area contributed by atoms with E-state index in [0.717, 1.165) is 0 Å². The molecule has 2 rings (SSSR count). The molecule has 1 aromatic carbocycles. The second kappa shape index (κ2) is 3.18. The minimum absolute atomic E-state index is 0.0760. The van der Waals surface area contributed by atoms with E-state index in [0.29, 0.717) is 4.90 Å². The van der Waals surface area contributed by atoms with Crippen molar-refractivity contribution in [3.8, 4) is 11.5 Å². The van der Waals surface area contributed by atoms with Crippen molar-refractivity contribution in [2.24, 2.45) is 0 Å². The fourth-order valence-corrected chi connectivity index (χ4v) is 2.78. The number of alkyl halides is 2. The molecule has 0 saturated heterocycles. The van der Waals surface area contributed by atoms with Crippen molar-refractivity contribution in [1.29, 1.82) is 0 Å². The van der Waals surface area contributed by atoms with Gasteiger partial charge in [0.05, 0.1) is 0 Å². The highest BCUT2D eigenvalue weighted by molar-refractivity contribution is 8.87. The van der Waals surface area contributed by atoms with Crippen LogP contribution in [0.4, 0.5) is 8.78 Å². The van der Waals surface area contributed by atoms with Crippen molar-refractivity contribution in [2.75, 3.05) is 12.5 Å². The third-order valence-corrected chi connectivity index (χ3v) is 3.92. The Hall–Kier alpha value is -0.620. The maximum Gasteiger partial charge on any atom is 0.586 e. The lowest BCUT2D eigenvalue weighted by Gasteiger charge is -2.25. The highest BCUT2D eigenvalue weighted by Gasteiger charge is 2.45. The van der Waals surface area contributed by atoms with Gasteiger partial charge in [0.15, 0.2) is 11.5 Å². The van der Waals surface area contributed by atoms with Crippen molar-refractivity contribution >= 4 is 20.7 Å². The predicted molar refractivity (Wildman–Crippen MR) is 59.3 cm³/mol. The van der Waals surface area contributed by atoms with Gasteiger partial charge in [0, 0.05) is 4.90 Å². The van der Waals surface area contributed by atoms with Gasteiger partial charge in [-0.15, -0.1) is 20.4 Å². The largest absolute Gasteiger partial charge is 0.586 e. The van der Waals surface area contributed by atoms with E-state index in [1.54, 1.807) is 12.1 Å². The molecule has 0 aromatic heterocycles.